The van der Waals surface area contributed by atoms with Crippen LogP contribution >= 0.6 is 0 Å². The van der Waals surface area contributed by atoms with Crippen molar-refractivity contribution in [3.63, 3.8) is 0 Å². The lowest BCUT2D eigenvalue weighted by molar-refractivity contribution is -0.125. The van der Waals surface area contributed by atoms with Crippen LogP contribution in [0.25, 0.3) is 22.7 Å². The normalized spacial score (nSPS) is 15.5. The number of halogens is 1. The van der Waals surface area contributed by atoms with E-state index in [1.165, 1.54) is 12.1 Å². The van der Waals surface area contributed by atoms with E-state index in [2.05, 4.69) is 30.6 Å². The number of carbonyl (C=O) groups is 1. The quantitative estimate of drug-likeness (QED) is 0.374. The molecule has 0 radical (unpaired) electrons. The van der Waals surface area contributed by atoms with Gasteiger partial charge in [-0.05, 0) is 67.4 Å². The third-order valence-electron chi connectivity index (χ3n) is 5.97. The summed E-state index contributed by atoms with van der Waals surface area (Å²) in [5.74, 6) is 1.28. The Balaban J connectivity index is 1.08. The van der Waals surface area contributed by atoms with Gasteiger partial charge in [-0.3, -0.25) is 4.79 Å². The molecule has 36 heavy (non-hydrogen) atoms. The lowest BCUT2D eigenvalue weighted by Crippen LogP contribution is -2.44. The molecule has 4 heterocycles. The van der Waals surface area contributed by atoms with Crippen molar-refractivity contribution >= 4 is 11.7 Å². The molecule has 1 fully saturated rings. The highest BCUT2D eigenvalue weighted by Crippen LogP contribution is 2.24. The summed E-state index contributed by atoms with van der Waals surface area (Å²) in [7, 11) is 0. The summed E-state index contributed by atoms with van der Waals surface area (Å²) < 4.78 is 24.0. The zero-order valence-electron chi connectivity index (χ0n) is 19.5. The standard InChI is InChI=1S/C26H25FN6O3/c27-20-7-5-18(6-8-20)21-9-11-24(31-29-21)33-14-1-3-19(17-33)26(34)28-13-16-36-25-12-10-22(30-32-25)23-4-2-15-35-23/h2,4-12,15,19H,1,3,13-14,16-17H2,(H,28,34). The number of hydrogen-bond acceptors (Lipinski definition) is 8. The maximum Gasteiger partial charge on any atom is 0.233 e. The molecule has 1 N–H and O–H groups in total. The van der Waals surface area contributed by atoms with Crippen molar-refractivity contribution < 1.29 is 18.3 Å². The van der Waals surface area contributed by atoms with Crippen LogP contribution < -0.4 is 15.0 Å². The summed E-state index contributed by atoms with van der Waals surface area (Å²) in [4.78, 5) is 14.8. The number of aromatic nitrogens is 4. The molecule has 3 aromatic heterocycles. The van der Waals surface area contributed by atoms with E-state index in [1.54, 1.807) is 36.6 Å². The van der Waals surface area contributed by atoms with Gasteiger partial charge in [0.05, 0.1) is 24.4 Å². The fraction of sp³-hybridized carbons (Fsp3) is 0.269. The van der Waals surface area contributed by atoms with Gasteiger partial charge in [-0.2, -0.15) is 0 Å². The van der Waals surface area contributed by atoms with Crippen molar-refractivity contribution in [2.24, 2.45) is 5.92 Å². The van der Waals surface area contributed by atoms with Crippen LogP contribution in [0.15, 0.2) is 71.3 Å². The minimum absolute atomic E-state index is 0.0153. The van der Waals surface area contributed by atoms with Crippen LogP contribution in [0.2, 0.25) is 0 Å². The molecule has 10 heteroatoms. The SMILES string of the molecule is O=C(NCCOc1ccc(-c2ccco2)nn1)C1CCCN(c2ccc(-c3ccc(F)cc3)nn2)C1. The van der Waals surface area contributed by atoms with E-state index < -0.39 is 0 Å². The average molecular weight is 489 g/mol. The number of nitrogens with zero attached hydrogens (tertiary/aromatic N) is 5. The fourth-order valence-electron chi connectivity index (χ4n) is 4.09. The summed E-state index contributed by atoms with van der Waals surface area (Å²) in [6.45, 7) is 2.03. The molecule has 1 saturated heterocycles. The second-order valence-corrected chi connectivity index (χ2v) is 8.44. The van der Waals surface area contributed by atoms with Gasteiger partial charge in [0, 0.05) is 24.7 Å². The van der Waals surface area contributed by atoms with Crippen LogP contribution in [0, 0.1) is 11.7 Å². The molecule has 1 aromatic carbocycles. The van der Waals surface area contributed by atoms with Crippen LogP contribution in [0.1, 0.15) is 12.8 Å². The Morgan fingerprint density at radius 3 is 2.58 bits per heavy atom. The van der Waals surface area contributed by atoms with E-state index in [-0.39, 0.29) is 24.2 Å². The van der Waals surface area contributed by atoms with Crippen LogP contribution in [0.3, 0.4) is 0 Å². The largest absolute Gasteiger partial charge is 0.475 e. The molecule has 184 valence electrons. The first kappa shape index (κ1) is 23.4. The van der Waals surface area contributed by atoms with Crippen LogP contribution in [0.4, 0.5) is 10.2 Å². The Hall–Kier alpha value is -4.34. The van der Waals surface area contributed by atoms with Gasteiger partial charge in [-0.15, -0.1) is 20.4 Å². The van der Waals surface area contributed by atoms with Crippen molar-refractivity contribution in [1.82, 2.24) is 25.7 Å². The van der Waals surface area contributed by atoms with Gasteiger partial charge >= 0.3 is 0 Å². The average Bonchev–Trinajstić information content (AvgIpc) is 3.47. The predicted octanol–water partition coefficient (Wildman–Crippen LogP) is 3.74. The lowest BCUT2D eigenvalue weighted by atomic mass is 9.97. The molecule has 0 aliphatic carbocycles. The first-order chi connectivity index (χ1) is 17.7. The van der Waals surface area contributed by atoms with Gasteiger partial charge in [0.15, 0.2) is 11.6 Å². The van der Waals surface area contributed by atoms with Gasteiger partial charge in [-0.1, -0.05) is 0 Å². The molecule has 4 aromatic rings. The second-order valence-electron chi connectivity index (χ2n) is 8.44. The van der Waals surface area contributed by atoms with E-state index in [0.717, 1.165) is 30.8 Å². The molecule has 1 atom stereocenters. The number of ether oxygens (including phenoxy) is 1. The Labute approximate surface area is 207 Å². The molecule has 1 amide bonds. The Morgan fingerprint density at radius 2 is 1.86 bits per heavy atom. The van der Waals surface area contributed by atoms with Gasteiger partial charge in [0.2, 0.25) is 11.8 Å². The van der Waals surface area contributed by atoms with E-state index in [4.69, 9.17) is 9.15 Å². The third kappa shape index (κ3) is 5.65. The first-order valence-electron chi connectivity index (χ1n) is 11.8. The van der Waals surface area contributed by atoms with E-state index >= 15 is 0 Å². The molecule has 0 saturated carbocycles. The zero-order chi connectivity index (χ0) is 24.7. The maximum absolute atomic E-state index is 13.2. The molecule has 0 spiro atoms. The van der Waals surface area contributed by atoms with Crippen molar-refractivity contribution in [1.29, 1.82) is 0 Å². The minimum Gasteiger partial charge on any atom is -0.475 e. The highest BCUT2D eigenvalue weighted by molar-refractivity contribution is 5.79. The summed E-state index contributed by atoms with van der Waals surface area (Å²) in [5.41, 5.74) is 2.09. The second kappa shape index (κ2) is 10.9. The molecule has 5 rings (SSSR count). The number of anilines is 1. The number of amides is 1. The van der Waals surface area contributed by atoms with E-state index in [9.17, 15) is 9.18 Å². The van der Waals surface area contributed by atoms with Crippen LogP contribution in [-0.4, -0.2) is 52.5 Å². The molecule has 9 nitrogen and oxygen atoms in total. The Bertz CT molecular complexity index is 1260. The van der Waals surface area contributed by atoms with Crippen molar-refractivity contribution in [2.75, 3.05) is 31.1 Å². The third-order valence-corrected chi connectivity index (χ3v) is 5.97. The predicted molar refractivity (Wildman–Crippen MR) is 131 cm³/mol. The van der Waals surface area contributed by atoms with Crippen molar-refractivity contribution in [3.8, 4) is 28.6 Å². The number of benzene rings is 1. The van der Waals surface area contributed by atoms with Gasteiger partial charge in [-0.25, -0.2) is 4.39 Å². The number of carbonyl (C=O) groups excluding carboxylic acids is 1. The monoisotopic (exact) mass is 488 g/mol. The van der Waals surface area contributed by atoms with Crippen LogP contribution in [-0.2, 0) is 4.79 Å². The zero-order valence-corrected chi connectivity index (χ0v) is 19.5. The number of rotatable bonds is 8. The summed E-state index contributed by atoms with van der Waals surface area (Å²) >= 11 is 0. The summed E-state index contributed by atoms with van der Waals surface area (Å²) in [6, 6.07) is 17.0. The summed E-state index contributed by atoms with van der Waals surface area (Å²) in [6.07, 6.45) is 3.27. The van der Waals surface area contributed by atoms with Crippen molar-refractivity contribution in [2.45, 2.75) is 12.8 Å². The van der Waals surface area contributed by atoms with E-state index in [0.29, 0.717) is 36.1 Å². The highest BCUT2D eigenvalue weighted by atomic mass is 19.1. The smallest absolute Gasteiger partial charge is 0.233 e. The van der Waals surface area contributed by atoms with Gasteiger partial charge < -0.3 is 19.4 Å². The van der Waals surface area contributed by atoms with Gasteiger partial charge in [0.1, 0.15) is 18.1 Å². The minimum atomic E-state index is -0.291. The molecular weight excluding hydrogens is 463 g/mol. The first-order valence-corrected chi connectivity index (χ1v) is 11.8. The van der Waals surface area contributed by atoms with E-state index in [1.807, 2.05) is 18.2 Å². The molecule has 1 unspecified atom stereocenters. The Morgan fingerprint density at radius 1 is 1.03 bits per heavy atom. The lowest BCUT2D eigenvalue weighted by Gasteiger charge is -2.32. The topological polar surface area (TPSA) is 106 Å². The number of furan rings is 1. The highest BCUT2D eigenvalue weighted by Gasteiger charge is 2.26. The summed E-state index contributed by atoms with van der Waals surface area (Å²) in [5, 5.41) is 19.7. The fourth-order valence-corrected chi connectivity index (χ4v) is 4.09. The number of hydrogen-bond donors (Lipinski definition) is 1. The maximum atomic E-state index is 13.2. The number of nitrogens with one attached hydrogen (secondary N) is 1. The van der Waals surface area contributed by atoms with Crippen molar-refractivity contribution in [3.05, 3.63) is 72.7 Å². The molecular formula is C26H25FN6O3. The van der Waals surface area contributed by atoms with Gasteiger partial charge in [0.25, 0.3) is 0 Å². The molecule has 1 aliphatic heterocycles. The molecule has 0 bridgehead atoms. The molecule has 1 aliphatic rings. The number of piperidine rings is 1. The van der Waals surface area contributed by atoms with Crippen LogP contribution in [0.5, 0.6) is 5.88 Å². The Kier molecular flexibility index (Phi) is 7.11.